The smallest absolute Gasteiger partial charge is 0.408 e. The van der Waals surface area contributed by atoms with E-state index in [1.54, 1.807) is 12.4 Å². The third kappa shape index (κ3) is 4.65. The summed E-state index contributed by atoms with van der Waals surface area (Å²) in [6, 6.07) is 0. The number of ether oxygens (including phenoxy) is 1. The Morgan fingerprint density at radius 3 is 2.47 bits per heavy atom. The summed E-state index contributed by atoms with van der Waals surface area (Å²) in [5, 5.41) is 9.56. The molecule has 0 spiro atoms. The molecule has 0 atom stereocenters. The molecule has 1 amide bonds. The molecule has 0 bridgehead atoms. The molecule has 34 heavy (non-hydrogen) atoms. The Morgan fingerprint density at radius 1 is 1.15 bits per heavy atom. The summed E-state index contributed by atoms with van der Waals surface area (Å²) in [6.07, 6.45) is 6.66. The molecule has 5 rings (SSSR count). The van der Waals surface area contributed by atoms with E-state index in [0.29, 0.717) is 36.3 Å². The van der Waals surface area contributed by atoms with Gasteiger partial charge in [-0.05, 0) is 39.5 Å². The summed E-state index contributed by atoms with van der Waals surface area (Å²) in [4.78, 5) is 38.4. The van der Waals surface area contributed by atoms with Crippen molar-refractivity contribution in [1.29, 1.82) is 0 Å². The van der Waals surface area contributed by atoms with Gasteiger partial charge < -0.3 is 19.3 Å². The molecule has 1 aliphatic carbocycles. The largest absolute Gasteiger partial charge is 0.465 e. The normalized spacial score (nSPS) is 16.7. The van der Waals surface area contributed by atoms with Crippen LogP contribution in [0.3, 0.4) is 0 Å². The van der Waals surface area contributed by atoms with Gasteiger partial charge in [-0.3, -0.25) is 4.90 Å². The lowest BCUT2D eigenvalue weighted by atomic mass is 10.1. The number of carboxylic acid groups (broad SMARTS) is 1. The van der Waals surface area contributed by atoms with Crippen molar-refractivity contribution in [3.63, 3.8) is 0 Å². The lowest BCUT2D eigenvalue weighted by Crippen LogP contribution is -2.44. The molecule has 11 heteroatoms. The van der Waals surface area contributed by atoms with Crippen LogP contribution in [-0.2, 0) is 17.8 Å². The van der Waals surface area contributed by atoms with Gasteiger partial charge in [0.05, 0.1) is 31.6 Å². The van der Waals surface area contributed by atoms with Crippen LogP contribution in [0.15, 0.2) is 18.7 Å². The minimum Gasteiger partial charge on any atom is -0.465 e. The predicted octanol–water partition coefficient (Wildman–Crippen LogP) is 2.81. The Balaban J connectivity index is 1.49. The highest BCUT2D eigenvalue weighted by Crippen LogP contribution is 2.33. The van der Waals surface area contributed by atoms with Gasteiger partial charge >= 0.3 is 6.09 Å². The van der Waals surface area contributed by atoms with E-state index in [9.17, 15) is 9.90 Å². The van der Waals surface area contributed by atoms with Crippen LogP contribution in [0.5, 0.6) is 0 Å². The lowest BCUT2D eigenvalue weighted by molar-refractivity contribution is 0.0937. The maximum absolute atomic E-state index is 11.7. The zero-order chi connectivity index (χ0) is 23.9. The van der Waals surface area contributed by atoms with E-state index in [1.807, 2.05) is 27.1 Å². The van der Waals surface area contributed by atoms with Crippen molar-refractivity contribution in [1.82, 2.24) is 34.4 Å². The van der Waals surface area contributed by atoms with Gasteiger partial charge in [-0.2, -0.15) is 0 Å². The van der Waals surface area contributed by atoms with Crippen LogP contribution in [0.4, 0.5) is 10.6 Å². The molecular weight excluding hydrogens is 436 g/mol. The summed E-state index contributed by atoms with van der Waals surface area (Å²) in [5.74, 6) is 2.44. The van der Waals surface area contributed by atoms with Gasteiger partial charge in [-0.25, -0.2) is 29.7 Å². The van der Waals surface area contributed by atoms with E-state index in [0.717, 1.165) is 36.6 Å². The second-order valence-electron chi connectivity index (χ2n) is 9.91. The third-order valence-corrected chi connectivity index (χ3v) is 6.21. The number of fused-ring (bicyclic) bond motifs is 1. The van der Waals surface area contributed by atoms with Gasteiger partial charge in [0.1, 0.15) is 5.82 Å². The highest BCUT2D eigenvalue weighted by Gasteiger charge is 2.28. The second-order valence-corrected chi connectivity index (χ2v) is 9.91. The number of rotatable bonds is 6. The maximum Gasteiger partial charge on any atom is 0.408 e. The standard InChI is InChI=1S/C23H30N8O3/c1-23(2,3)31(22(32)33)13-17-24-10-16(11-25-17)19-27-20(29-6-8-34-9-7-29)18-21(28-19)30(14-26-18)12-15-4-5-15/h10-11,14-15H,4-9,12-13H2,1-3H3,(H,32,33). The van der Waals surface area contributed by atoms with Crippen molar-refractivity contribution in [2.75, 3.05) is 31.2 Å². The molecule has 2 fully saturated rings. The molecule has 11 nitrogen and oxygen atoms in total. The van der Waals surface area contributed by atoms with Crippen molar-refractivity contribution in [2.45, 2.75) is 52.2 Å². The SMILES string of the molecule is CC(C)(C)N(Cc1ncc(-c2nc(N3CCOCC3)c3ncn(CC4CC4)c3n2)cn1)C(=O)O. The first kappa shape index (κ1) is 22.5. The quantitative estimate of drug-likeness (QED) is 0.584. The topological polar surface area (TPSA) is 122 Å². The predicted molar refractivity (Wildman–Crippen MR) is 125 cm³/mol. The maximum atomic E-state index is 11.7. The fourth-order valence-corrected chi connectivity index (χ4v) is 4.05. The van der Waals surface area contributed by atoms with Gasteiger partial charge in [-0.1, -0.05) is 0 Å². The van der Waals surface area contributed by atoms with Gasteiger partial charge in [0, 0.05) is 37.6 Å². The van der Waals surface area contributed by atoms with E-state index in [4.69, 9.17) is 14.7 Å². The number of aromatic nitrogens is 6. The van der Waals surface area contributed by atoms with Crippen molar-refractivity contribution >= 4 is 23.1 Å². The first-order valence-corrected chi connectivity index (χ1v) is 11.7. The molecule has 0 aromatic carbocycles. The molecule has 4 heterocycles. The Morgan fingerprint density at radius 2 is 1.85 bits per heavy atom. The molecule has 1 aliphatic heterocycles. The van der Waals surface area contributed by atoms with Gasteiger partial charge in [0.25, 0.3) is 0 Å². The van der Waals surface area contributed by atoms with E-state index in [1.165, 1.54) is 17.7 Å². The summed E-state index contributed by atoms with van der Waals surface area (Å²) in [6.45, 7) is 9.33. The van der Waals surface area contributed by atoms with E-state index >= 15 is 0 Å². The van der Waals surface area contributed by atoms with Crippen LogP contribution < -0.4 is 4.90 Å². The molecule has 3 aromatic heterocycles. The van der Waals surface area contributed by atoms with Crippen LogP contribution in [-0.4, -0.2) is 77.4 Å². The Hall–Kier alpha value is -3.34. The molecule has 1 saturated carbocycles. The number of hydrogen-bond acceptors (Lipinski definition) is 8. The molecule has 0 radical (unpaired) electrons. The molecule has 1 N–H and O–H groups in total. The highest BCUT2D eigenvalue weighted by molar-refractivity contribution is 5.85. The number of nitrogens with zero attached hydrogens (tertiary/aromatic N) is 8. The molecule has 180 valence electrons. The summed E-state index contributed by atoms with van der Waals surface area (Å²) < 4.78 is 7.64. The van der Waals surface area contributed by atoms with Crippen molar-refractivity contribution in [2.24, 2.45) is 5.92 Å². The van der Waals surface area contributed by atoms with Crippen molar-refractivity contribution < 1.29 is 14.6 Å². The molecule has 0 unspecified atom stereocenters. The van der Waals surface area contributed by atoms with Crippen LogP contribution in [0.2, 0.25) is 0 Å². The zero-order valence-electron chi connectivity index (χ0n) is 19.8. The van der Waals surface area contributed by atoms with Gasteiger partial charge in [0.2, 0.25) is 0 Å². The fraction of sp³-hybridized carbons (Fsp3) is 0.565. The first-order valence-electron chi connectivity index (χ1n) is 11.7. The third-order valence-electron chi connectivity index (χ3n) is 6.21. The van der Waals surface area contributed by atoms with Crippen molar-refractivity contribution in [3.8, 4) is 11.4 Å². The number of morpholine rings is 1. The lowest BCUT2D eigenvalue weighted by Gasteiger charge is -2.32. The van der Waals surface area contributed by atoms with Crippen LogP contribution in [0, 0.1) is 5.92 Å². The van der Waals surface area contributed by atoms with E-state index < -0.39 is 11.6 Å². The molecule has 3 aromatic rings. The van der Waals surface area contributed by atoms with E-state index in [2.05, 4.69) is 24.4 Å². The number of amides is 1. The molecular formula is C23H30N8O3. The van der Waals surface area contributed by atoms with Crippen LogP contribution >= 0.6 is 0 Å². The summed E-state index contributed by atoms with van der Waals surface area (Å²) in [7, 11) is 0. The zero-order valence-corrected chi connectivity index (χ0v) is 19.8. The van der Waals surface area contributed by atoms with Gasteiger partial charge in [0.15, 0.2) is 22.8 Å². The average molecular weight is 467 g/mol. The highest BCUT2D eigenvalue weighted by atomic mass is 16.5. The molecule has 2 aliphatic rings. The number of hydrogen-bond donors (Lipinski definition) is 1. The summed E-state index contributed by atoms with van der Waals surface area (Å²) >= 11 is 0. The van der Waals surface area contributed by atoms with Crippen molar-refractivity contribution in [3.05, 3.63) is 24.5 Å². The minimum absolute atomic E-state index is 0.103. The fourth-order valence-electron chi connectivity index (χ4n) is 4.05. The number of anilines is 1. The van der Waals surface area contributed by atoms with Gasteiger partial charge in [-0.15, -0.1) is 0 Å². The Kier molecular flexibility index (Phi) is 5.80. The summed E-state index contributed by atoms with van der Waals surface area (Å²) in [5.41, 5.74) is 1.73. The van der Waals surface area contributed by atoms with Crippen LogP contribution in [0.1, 0.15) is 39.4 Å². The van der Waals surface area contributed by atoms with Crippen LogP contribution in [0.25, 0.3) is 22.6 Å². The second kappa shape index (κ2) is 8.79. The monoisotopic (exact) mass is 466 g/mol. The Bertz CT molecular complexity index is 1180. The van der Waals surface area contributed by atoms with E-state index in [-0.39, 0.29) is 6.54 Å². The molecule has 1 saturated heterocycles. The first-order chi connectivity index (χ1) is 16.3. The Labute approximate surface area is 197 Å². The number of imidazole rings is 1. The minimum atomic E-state index is -1.01. The average Bonchev–Trinajstić information content (AvgIpc) is 3.55. The number of carbonyl (C=O) groups is 1.